The van der Waals surface area contributed by atoms with Gasteiger partial charge in [-0.15, -0.1) is 0 Å². The van der Waals surface area contributed by atoms with Crippen LogP contribution in [0.15, 0.2) is 97.2 Å². The first-order valence-electron chi connectivity index (χ1n) is 25.8. The van der Waals surface area contributed by atoms with E-state index in [1.807, 2.05) is 48.6 Å². The van der Waals surface area contributed by atoms with E-state index in [0.29, 0.717) is 19.3 Å². The predicted molar refractivity (Wildman–Crippen MR) is 270 cm³/mol. The number of ether oxygens (including phenoxy) is 3. The average Bonchev–Trinajstić information content (AvgIpc) is 3.28. The van der Waals surface area contributed by atoms with E-state index in [-0.39, 0.29) is 31.1 Å². The molecule has 0 amide bonds. The summed E-state index contributed by atoms with van der Waals surface area (Å²) in [7, 11) is 0. The topological polar surface area (TPSA) is 78.9 Å². The Hall–Kier alpha value is -3.67. The first kappa shape index (κ1) is 59.3. The summed E-state index contributed by atoms with van der Waals surface area (Å²) in [4.78, 5) is 38.0. The van der Waals surface area contributed by atoms with Crippen molar-refractivity contribution in [3.63, 3.8) is 0 Å². The molecule has 0 fully saturated rings. The second-order valence-electron chi connectivity index (χ2n) is 16.8. The molecule has 6 heteroatoms. The number of carbonyl (C=O) groups excluding carboxylic acids is 3. The van der Waals surface area contributed by atoms with Crippen molar-refractivity contribution in [3.05, 3.63) is 97.2 Å². The Kier molecular flexibility index (Phi) is 48.0. The van der Waals surface area contributed by atoms with Crippen molar-refractivity contribution in [2.75, 3.05) is 13.2 Å². The lowest BCUT2D eigenvalue weighted by Gasteiger charge is -2.18. The molecule has 0 aromatic rings. The summed E-state index contributed by atoms with van der Waals surface area (Å²) in [6.07, 6.45) is 66.7. The summed E-state index contributed by atoms with van der Waals surface area (Å²) in [6, 6.07) is 0. The van der Waals surface area contributed by atoms with Gasteiger partial charge in [0.25, 0.3) is 0 Å². The molecular formula is C57H94O6. The van der Waals surface area contributed by atoms with Crippen molar-refractivity contribution < 1.29 is 28.6 Å². The SMILES string of the molecule is CC\C=C/C=C\C=C/C=C\C=C/CCCCCC(=O)OCC(COC(=O)CCCCCCCCC/C=C\CCCCCC)OC(=O)CCCCCCCC/C=C\C=C/CCCCC. The maximum absolute atomic E-state index is 12.8. The van der Waals surface area contributed by atoms with Gasteiger partial charge in [-0.1, -0.05) is 214 Å². The standard InChI is InChI=1S/C57H94O6/c1-4-7-10-13-16-19-22-25-28-31-34-37-40-43-46-49-55(58)61-52-54(63-57(60)51-48-45-42-39-36-33-30-27-24-21-18-15-12-9-6-3)53-62-56(59)50-47-44-41-38-35-32-29-26-23-20-17-14-11-8-5-2/h7,10,13,16,18-25,27-28,31,34,54H,4-6,8-9,11-12,14-15,17,26,29-30,32-33,35-53H2,1-3H3/b10-7-,16-13-,21-18-,22-19-,23-20-,27-24-,28-25-,34-31-. The number of carbonyl (C=O) groups is 3. The molecular weight excluding hydrogens is 781 g/mol. The summed E-state index contributed by atoms with van der Waals surface area (Å²) in [5.41, 5.74) is 0. The fourth-order valence-corrected chi connectivity index (χ4v) is 6.80. The van der Waals surface area contributed by atoms with Gasteiger partial charge in [0.05, 0.1) is 0 Å². The Balaban J connectivity index is 4.50. The zero-order chi connectivity index (χ0) is 45.8. The van der Waals surface area contributed by atoms with E-state index in [1.54, 1.807) is 0 Å². The summed E-state index contributed by atoms with van der Waals surface area (Å²) in [6.45, 7) is 6.39. The van der Waals surface area contributed by atoms with Gasteiger partial charge in [0.1, 0.15) is 13.2 Å². The number of unbranched alkanes of at least 4 members (excludes halogenated alkanes) is 23. The number of esters is 3. The lowest BCUT2D eigenvalue weighted by Crippen LogP contribution is -2.30. The minimum absolute atomic E-state index is 0.0995. The van der Waals surface area contributed by atoms with Crippen LogP contribution in [0.1, 0.15) is 226 Å². The van der Waals surface area contributed by atoms with Crippen molar-refractivity contribution in [3.8, 4) is 0 Å². The molecule has 63 heavy (non-hydrogen) atoms. The number of rotatable bonds is 45. The molecule has 0 bridgehead atoms. The van der Waals surface area contributed by atoms with Crippen LogP contribution in [0, 0.1) is 0 Å². The zero-order valence-electron chi connectivity index (χ0n) is 40.8. The van der Waals surface area contributed by atoms with Crippen molar-refractivity contribution in [2.45, 2.75) is 232 Å². The summed E-state index contributed by atoms with van der Waals surface area (Å²) in [5, 5.41) is 0. The minimum atomic E-state index is -0.803. The molecule has 0 radical (unpaired) electrons. The highest BCUT2D eigenvalue weighted by Gasteiger charge is 2.19. The van der Waals surface area contributed by atoms with Crippen molar-refractivity contribution in [1.82, 2.24) is 0 Å². The molecule has 0 rings (SSSR count). The maximum atomic E-state index is 12.8. The fraction of sp³-hybridized carbons (Fsp3) is 0.667. The molecule has 358 valence electrons. The third kappa shape index (κ3) is 49.2. The van der Waals surface area contributed by atoms with E-state index >= 15 is 0 Å². The minimum Gasteiger partial charge on any atom is -0.462 e. The highest BCUT2D eigenvalue weighted by molar-refractivity contribution is 5.71. The Morgan fingerprint density at radius 3 is 1.08 bits per heavy atom. The van der Waals surface area contributed by atoms with Gasteiger partial charge in [-0.25, -0.2) is 0 Å². The molecule has 0 N–H and O–H groups in total. The first-order valence-corrected chi connectivity index (χ1v) is 25.8. The largest absolute Gasteiger partial charge is 0.462 e. The maximum Gasteiger partial charge on any atom is 0.306 e. The van der Waals surface area contributed by atoms with Crippen LogP contribution >= 0.6 is 0 Å². The third-order valence-corrected chi connectivity index (χ3v) is 10.7. The lowest BCUT2D eigenvalue weighted by molar-refractivity contribution is -0.167. The van der Waals surface area contributed by atoms with Crippen molar-refractivity contribution in [1.29, 1.82) is 0 Å². The molecule has 0 heterocycles. The molecule has 0 aromatic heterocycles. The lowest BCUT2D eigenvalue weighted by atomic mass is 10.1. The van der Waals surface area contributed by atoms with Crippen molar-refractivity contribution in [2.24, 2.45) is 0 Å². The van der Waals surface area contributed by atoms with E-state index in [1.165, 1.54) is 103 Å². The van der Waals surface area contributed by atoms with Crippen LogP contribution in [0.25, 0.3) is 0 Å². The molecule has 1 atom stereocenters. The Labute approximate surface area is 387 Å². The fourth-order valence-electron chi connectivity index (χ4n) is 6.80. The quantitative estimate of drug-likeness (QED) is 0.0199. The van der Waals surface area contributed by atoms with Crippen LogP contribution in [0.4, 0.5) is 0 Å². The summed E-state index contributed by atoms with van der Waals surface area (Å²) >= 11 is 0. The molecule has 0 aliphatic rings. The first-order chi connectivity index (χ1) is 31.0. The van der Waals surface area contributed by atoms with E-state index in [2.05, 4.69) is 69.4 Å². The molecule has 0 saturated heterocycles. The summed E-state index contributed by atoms with van der Waals surface area (Å²) in [5.74, 6) is -0.962. The second-order valence-corrected chi connectivity index (χ2v) is 16.8. The van der Waals surface area contributed by atoms with Gasteiger partial charge in [0.15, 0.2) is 6.10 Å². The van der Waals surface area contributed by atoms with Crippen molar-refractivity contribution >= 4 is 17.9 Å². The third-order valence-electron chi connectivity index (χ3n) is 10.7. The number of hydrogen-bond donors (Lipinski definition) is 0. The smallest absolute Gasteiger partial charge is 0.306 e. The van der Waals surface area contributed by atoms with Crippen LogP contribution in [0.3, 0.4) is 0 Å². The van der Waals surface area contributed by atoms with Crippen LogP contribution in [0.2, 0.25) is 0 Å². The molecule has 1 unspecified atom stereocenters. The van der Waals surface area contributed by atoms with Gasteiger partial charge in [0.2, 0.25) is 0 Å². The molecule has 0 aliphatic heterocycles. The average molecular weight is 875 g/mol. The molecule has 0 aromatic carbocycles. The highest BCUT2D eigenvalue weighted by Crippen LogP contribution is 2.14. The highest BCUT2D eigenvalue weighted by atomic mass is 16.6. The zero-order valence-corrected chi connectivity index (χ0v) is 40.8. The Bertz CT molecular complexity index is 1280. The second kappa shape index (κ2) is 51.0. The van der Waals surface area contributed by atoms with Crippen LogP contribution in [-0.4, -0.2) is 37.2 Å². The normalized spacial score (nSPS) is 12.9. The van der Waals surface area contributed by atoms with E-state index < -0.39 is 6.10 Å². The van der Waals surface area contributed by atoms with Crippen LogP contribution in [-0.2, 0) is 28.6 Å². The summed E-state index contributed by atoms with van der Waals surface area (Å²) < 4.78 is 16.8. The van der Waals surface area contributed by atoms with Gasteiger partial charge < -0.3 is 14.2 Å². The van der Waals surface area contributed by atoms with E-state index in [4.69, 9.17) is 14.2 Å². The van der Waals surface area contributed by atoms with Crippen LogP contribution < -0.4 is 0 Å². The van der Waals surface area contributed by atoms with Crippen LogP contribution in [0.5, 0.6) is 0 Å². The van der Waals surface area contributed by atoms with Gasteiger partial charge in [-0.05, 0) is 89.9 Å². The van der Waals surface area contributed by atoms with E-state index in [0.717, 1.165) is 83.5 Å². The number of allylic oxidation sites excluding steroid dienone is 16. The molecule has 0 aliphatic carbocycles. The van der Waals surface area contributed by atoms with Gasteiger partial charge in [0, 0.05) is 19.3 Å². The Morgan fingerprint density at radius 2 is 0.635 bits per heavy atom. The molecule has 0 saturated carbocycles. The van der Waals surface area contributed by atoms with Gasteiger partial charge >= 0.3 is 17.9 Å². The van der Waals surface area contributed by atoms with Gasteiger partial charge in [-0.2, -0.15) is 0 Å². The molecule has 0 spiro atoms. The molecule has 6 nitrogen and oxygen atoms in total. The predicted octanol–water partition coefficient (Wildman–Crippen LogP) is 17.0. The van der Waals surface area contributed by atoms with E-state index in [9.17, 15) is 14.4 Å². The van der Waals surface area contributed by atoms with Gasteiger partial charge in [-0.3, -0.25) is 14.4 Å². The Morgan fingerprint density at radius 1 is 0.333 bits per heavy atom. The monoisotopic (exact) mass is 875 g/mol. The number of hydrogen-bond acceptors (Lipinski definition) is 6.